The quantitative estimate of drug-likeness (QED) is 0.284. The van der Waals surface area contributed by atoms with Gasteiger partial charge in [0, 0.05) is 17.3 Å². The molecule has 0 aliphatic rings. The van der Waals surface area contributed by atoms with Gasteiger partial charge in [-0.25, -0.2) is 0 Å². The Bertz CT molecular complexity index is 1210. The number of aromatic nitrogens is 3. The summed E-state index contributed by atoms with van der Waals surface area (Å²) in [7, 11) is 0. The number of amides is 2. The Morgan fingerprint density at radius 2 is 1.88 bits per heavy atom. The fourth-order valence-corrected chi connectivity index (χ4v) is 4.61. The zero-order valence-corrected chi connectivity index (χ0v) is 21.4. The van der Waals surface area contributed by atoms with Crippen LogP contribution >= 0.6 is 35.0 Å². The van der Waals surface area contributed by atoms with Crippen LogP contribution < -0.4 is 10.6 Å². The van der Waals surface area contributed by atoms with Gasteiger partial charge in [0.2, 0.25) is 5.91 Å². The summed E-state index contributed by atoms with van der Waals surface area (Å²) in [5.41, 5.74) is 3.13. The van der Waals surface area contributed by atoms with Gasteiger partial charge in [-0.15, -0.1) is 16.8 Å². The first kappa shape index (κ1) is 25.8. The van der Waals surface area contributed by atoms with Crippen LogP contribution in [0.5, 0.6) is 0 Å². The van der Waals surface area contributed by atoms with Crippen LogP contribution in [0.15, 0.2) is 54.2 Å². The van der Waals surface area contributed by atoms with Crippen LogP contribution in [0.3, 0.4) is 0 Å². The Morgan fingerprint density at radius 3 is 2.53 bits per heavy atom. The van der Waals surface area contributed by atoms with Crippen molar-refractivity contribution in [2.75, 3.05) is 11.1 Å². The second-order valence-electron chi connectivity index (χ2n) is 7.66. The minimum absolute atomic E-state index is 0.143. The molecule has 0 aliphatic heterocycles. The van der Waals surface area contributed by atoms with E-state index in [4.69, 9.17) is 23.2 Å². The van der Waals surface area contributed by atoms with E-state index in [-0.39, 0.29) is 22.6 Å². The van der Waals surface area contributed by atoms with E-state index in [1.807, 2.05) is 36.6 Å². The molecule has 0 spiro atoms. The Morgan fingerprint density at radius 1 is 1.18 bits per heavy atom. The lowest BCUT2D eigenvalue weighted by atomic mass is 10.1. The highest BCUT2D eigenvalue weighted by Crippen LogP contribution is 2.25. The number of anilines is 1. The first-order valence-electron chi connectivity index (χ1n) is 10.5. The van der Waals surface area contributed by atoms with Gasteiger partial charge >= 0.3 is 0 Å². The summed E-state index contributed by atoms with van der Waals surface area (Å²) in [6.07, 6.45) is 1.71. The van der Waals surface area contributed by atoms with Crippen molar-refractivity contribution in [3.8, 4) is 0 Å². The Labute approximate surface area is 212 Å². The molecule has 2 N–H and O–H groups in total. The maximum absolute atomic E-state index is 12.7. The summed E-state index contributed by atoms with van der Waals surface area (Å²) >= 11 is 13.3. The Kier molecular flexibility index (Phi) is 8.77. The molecule has 0 aliphatic carbocycles. The third-order valence-electron chi connectivity index (χ3n) is 5.05. The molecule has 0 unspecified atom stereocenters. The van der Waals surface area contributed by atoms with Crippen LogP contribution in [0.2, 0.25) is 10.0 Å². The predicted octanol–water partition coefficient (Wildman–Crippen LogP) is 5.61. The Hall–Kier alpha value is -2.81. The first-order chi connectivity index (χ1) is 16.2. The number of carbonyl (C=O) groups excluding carboxylic acids is 2. The van der Waals surface area contributed by atoms with Gasteiger partial charge < -0.3 is 15.2 Å². The molecular formula is C24H25Cl2N5O2S. The summed E-state index contributed by atoms with van der Waals surface area (Å²) in [4.78, 5) is 25.3. The van der Waals surface area contributed by atoms with Gasteiger partial charge in [-0.3, -0.25) is 9.59 Å². The van der Waals surface area contributed by atoms with Gasteiger partial charge in [0.25, 0.3) is 5.91 Å². The number of hydrogen-bond acceptors (Lipinski definition) is 5. The molecule has 3 aromatic rings. The van der Waals surface area contributed by atoms with Gasteiger partial charge in [-0.2, -0.15) is 0 Å². The second kappa shape index (κ2) is 11.6. The smallest absolute Gasteiger partial charge is 0.253 e. The standard InChI is InChI=1S/C24H25Cl2N5O2S/c1-5-11-31-22(16(4)27-23(33)18-10-9-17(25)12-19(18)26)29-30-24(31)34-13-20(32)28-21-14(2)7-6-8-15(21)3/h5-10,12,16H,1,11,13H2,2-4H3,(H,27,33)(H,28,32)/t16-/m1/s1. The molecular weight excluding hydrogens is 493 g/mol. The van der Waals surface area contributed by atoms with E-state index >= 15 is 0 Å². The maximum Gasteiger partial charge on any atom is 0.253 e. The Balaban J connectivity index is 1.70. The minimum Gasteiger partial charge on any atom is -0.342 e. The van der Waals surface area contributed by atoms with E-state index in [1.54, 1.807) is 25.1 Å². The highest BCUT2D eigenvalue weighted by atomic mass is 35.5. The maximum atomic E-state index is 12.7. The average Bonchev–Trinajstić information content (AvgIpc) is 3.18. The van der Waals surface area contributed by atoms with Crippen molar-refractivity contribution in [3.05, 3.63) is 81.6 Å². The third-order valence-corrected chi connectivity index (χ3v) is 6.56. The van der Waals surface area contributed by atoms with Gasteiger partial charge in [0.15, 0.2) is 11.0 Å². The lowest BCUT2D eigenvalue weighted by Gasteiger charge is -2.16. The van der Waals surface area contributed by atoms with Gasteiger partial charge in [0.1, 0.15) is 0 Å². The van der Waals surface area contributed by atoms with Crippen molar-refractivity contribution < 1.29 is 9.59 Å². The molecule has 0 saturated carbocycles. The van der Waals surface area contributed by atoms with Crippen LogP contribution in [0.4, 0.5) is 5.69 Å². The lowest BCUT2D eigenvalue weighted by Crippen LogP contribution is -2.29. The minimum atomic E-state index is -0.468. The van der Waals surface area contributed by atoms with Crippen LogP contribution in [0.1, 0.15) is 40.3 Å². The fraction of sp³-hybridized carbons (Fsp3) is 0.250. The number of nitrogens with one attached hydrogen (secondary N) is 2. The average molecular weight is 518 g/mol. The zero-order valence-electron chi connectivity index (χ0n) is 19.1. The molecule has 1 atom stereocenters. The molecule has 0 fully saturated rings. The number of aryl methyl sites for hydroxylation is 2. The number of allylic oxidation sites excluding steroid dienone is 1. The van der Waals surface area contributed by atoms with Gasteiger partial charge in [-0.1, -0.05) is 59.2 Å². The van der Waals surface area contributed by atoms with Crippen LogP contribution in [0.25, 0.3) is 0 Å². The van der Waals surface area contributed by atoms with Crippen molar-refractivity contribution in [3.63, 3.8) is 0 Å². The molecule has 0 radical (unpaired) electrons. The first-order valence-corrected chi connectivity index (χ1v) is 12.2. The number of thioether (sulfide) groups is 1. The summed E-state index contributed by atoms with van der Waals surface area (Å²) in [6.45, 7) is 9.92. The van der Waals surface area contributed by atoms with E-state index in [1.165, 1.54) is 17.8 Å². The topological polar surface area (TPSA) is 88.9 Å². The highest BCUT2D eigenvalue weighted by molar-refractivity contribution is 7.99. The molecule has 3 rings (SSSR count). The van der Waals surface area contributed by atoms with E-state index < -0.39 is 6.04 Å². The number of carbonyl (C=O) groups is 2. The van der Waals surface area contributed by atoms with Crippen molar-refractivity contribution >= 4 is 52.5 Å². The molecule has 7 nitrogen and oxygen atoms in total. The van der Waals surface area contributed by atoms with Crippen molar-refractivity contribution in [2.24, 2.45) is 0 Å². The third kappa shape index (κ3) is 6.20. The van der Waals surface area contributed by atoms with Crippen LogP contribution in [0, 0.1) is 13.8 Å². The van der Waals surface area contributed by atoms with Crippen molar-refractivity contribution in [2.45, 2.75) is 38.5 Å². The molecule has 34 heavy (non-hydrogen) atoms. The lowest BCUT2D eigenvalue weighted by molar-refractivity contribution is -0.113. The summed E-state index contributed by atoms with van der Waals surface area (Å²) in [6, 6.07) is 10.1. The number of nitrogens with zero attached hydrogens (tertiary/aromatic N) is 3. The van der Waals surface area contributed by atoms with E-state index in [0.29, 0.717) is 28.1 Å². The molecule has 178 valence electrons. The monoisotopic (exact) mass is 517 g/mol. The van der Waals surface area contributed by atoms with Crippen LogP contribution in [-0.4, -0.2) is 32.3 Å². The second-order valence-corrected chi connectivity index (χ2v) is 9.45. The number of para-hydroxylation sites is 1. The number of halogens is 2. The fourth-order valence-electron chi connectivity index (χ4n) is 3.36. The molecule has 0 saturated heterocycles. The number of hydrogen-bond donors (Lipinski definition) is 2. The zero-order chi connectivity index (χ0) is 24.8. The number of rotatable bonds is 9. The van der Waals surface area contributed by atoms with Gasteiger partial charge in [-0.05, 0) is 50.1 Å². The van der Waals surface area contributed by atoms with Crippen molar-refractivity contribution in [1.82, 2.24) is 20.1 Å². The van der Waals surface area contributed by atoms with E-state index in [9.17, 15) is 9.59 Å². The molecule has 2 aromatic carbocycles. The highest BCUT2D eigenvalue weighted by Gasteiger charge is 2.21. The number of benzene rings is 2. The molecule has 1 aromatic heterocycles. The predicted molar refractivity (Wildman–Crippen MR) is 138 cm³/mol. The van der Waals surface area contributed by atoms with Gasteiger partial charge in [0.05, 0.1) is 22.4 Å². The normalized spacial score (nSPS) is 11.7. The van der Waals surface area contributed by atoms with Crippen LogP contribution in [-0.2, 0) is 11.3 Å². The van der Waals surface area contributed by atoms with E-state index in [0.717, 1.165) is 16.8 Å². The summed E-state index contributed by atoms with van der Waals surface area (Å²) < 4.78 is 1.82. The summed E-state index contributed by atoms with van der Waals surface area (Å²) in [5.74, 6) is 0.195. The molecule has 0 bridgehead atoms. The summed E-state index contributed by atoms with van der Waals surface area (Å²) in [5, 5.41) is 15.6. The largest absolute Gasteiger partial charge is 0.342 e. The van der Waals surface area contributed by atoms with E-state index in [2.05, 4.69) is 27.4 Å². The SMILES string of the molecule is C=CCn1c(SCC(=O)Nc2c(C)cccc2C)nnc1[C@@H](C)NC(=O)c1ccc(Cl)cc1Cl. The molecule has 1 heterocycles. The molecule has 2 amide bonds. The molecule has 10 heteroatoms. The van der Waals surface area contributed by atoms with Crippen molar-refractivity contribution in [1.29, 1.82) is 0 Å².